The van der Waals surface area contributed by atoms with Gasteiger partial charge in [0.05, 0.1) is 11.6 Å². The number of carbonyl (C=O) groups excluding carboxylic acids is 2. The molecule has 0 bridgehead atoms. The largest absolute Gasteiger partial charge is 0.350 e. The Bertz CT molecular complexity index is 1510. The zero-order valence-electron chi connectivity index (χ0n) is 22.5. The van der Waals surface area contributed by atoms with Crippen LogP contribution in [0.25, 0.3) is 11.0 Å². The number of halogens is 1. The van der Waals surface area contributed by atoms with E-state index in [1.165, 1.54) is 17.7 Å². The second-order valence-corrected chi connectivity index (χ2v) is 11.0. The minimum atomic E-state index is -0.559. The second-order valence-electron chi connectivity index (χ2n) is 11.0. The fourth-order valence-corrected chi connectivity index (χ4v) is 6.12. The van der Waals surface area contributed by atoms with Crippen molar-refractivity contribution in [3.05, 3.63) is 95.3 Å². The number of carbonyl (C=O) groups is 2. The highest BCUT2D eigenvalue weighted by molar-refractivity contribution is 5.90. The molecule has 2 amide bonds. The van der Waals surface area contributed by atoms with Crippen molar-refractivity contribution in [3.63, 3.8) is 0 Å². The normalized spacial score (nSPS) is 22.6. The molecule has 40 heavy (non-hydrogen) atoms. The van der Waals surface area contributed by atoms with E-state index in [0.717, 1.165) is 28.7 Å². The number of hydrogen-bond acceptors (Lipinski definition) is 5. The van der Waals surface area contributed by atoms with Crippen LogP contribution < -0.4 is 10.6 Å². The third-order valence-corrected chi connectivity index (χ3v) is 8.25. The minimum Gasteiger partial charge on any atom is -0.350 e. The minimum absolute atomic E-state index is 0.0267. The van der Waals surface area contributed by atoms with Crippen LogP contribution in [-0.2, 0) is 29.6 Å². The van der Waals surface area contributed by atoms with E-state index < -0.39 is 6.04 Å². The maximum atomic E-state index is 13.8. The fourth-order valence-electron chi connectivity index (χ4n) is 6.12. The van der Waals surface area contributed by atoms with E-state index in [9.17, 15) is 14.0 Å². The van der Waals surface area contributed by atoms with Crippen molar-refractivity contribution in [2.45, 2.75) is 43.8 Å². The third kappa shape index (κ3) is 5.47. The molecule has 0 spiro atoms. The molecule has 8 nitrogen and oxygen atoms in total. The summed E-state index contributed by atoms with van der Waals surface area (Å²) < 4.78 is 15.2. The summed E-state index contributed by atoms with van der Waals surface area (Å²) in [5.41, 5.74) is 4.83. The quantitative estimate of drug-likeness (QED) is 0.375. The Labute approximate surface area is 232 Å². The molecule has 4 atom stereocenters. The van der Waals surface area contributed by atoms with Crippen LogP contribution in [0.5, 0.6) is 0 Å². The van der Waals surface area contributed by atoms with E-state index in [4.69, 9.17) is 0 Å². The monoisotopic (exact) mass is 540 g/mol. The first-order chi connectivity index (χ1) is 19.4. The van der Waals surface area contributed by atoms with Gasteiger partial charge in [0, 0.05) is 26.7 Å². The molecule has 206 valence electrons. The molecular weight excluding hydrogens is 507 g/mol. The van der Waals surface area contributed by atoms with Gasteiger partial charge in [0.15, 0.2) is 0 Å². The number of amides is 2. The highest BCUT2D eigenvalue weighted by atomic mass is 19.1. The summed E-state index contributed by atoms with van der Waals surface area (Å²) in [6.07, 6.45) is 1.95. The SMILES string of the molecule is Cn1nnc2cc(CNC(=O)[C@@H]3C[C@@H](Cc4ccc(F)cc4)CN3C(=O)C3C[C@@H](c4ccccc4)CN3)ccc21. The Morgan fingerprint density at radius 1 is 1.02 bits per heavy atom. The zero-order valence-corrected chi connectivity index (χ0v) is 22.5. The number of benzene rings is 3. The van der Waals surface area contributed by atoms with Crippen molar-refractivity contribution in [3.8, 4) is 0 Å². The van der Waals surface area contributed by atoms with Crippen molar-refractivity contribution in [1.82, 2.24) is 30.5 Å². The highest BCUT2D eigenvalue weighted by Gasteiger charge is 2.43. The van der Waals surface area contributed by atoms with Gasteiger partial charge in [0.2, 0.25) is 11.8 Å². The summed E-state index contributed by atoms with van der Waals surface area (Å²) in [5, 5.41) is 14.7. The molecule has 0 aliphatic carbocycles. The molecule has 0 saturated carbocycles. The van der Waals surface area contributed by atoms with Gasteiger partial charge in [-0.15, -0.1) is 5.10 Å². The molecular formula is C31H33FN6O2. The lowest BCUT2D eigenvalue weighted by molar-refractivity contribution is -0.139. The third-order valence-electron chi connectivity index (χ3n) is 8.25. The summed E-state index contributed by atoms with van der Waals surface area (Å²) in [4.78, 5) is 29.1. The molecule has 2 N–H and O–H groups in total. The highest BCUT2D eigenvalue weighted by Crippen LogP contribution is 2.31. The van der Waals surface area contributed by atoms with E-state index in [-0.39, 0.29) is 35.5 Å². The molecule has 2 aliphatic heterocycles. The number of hydrogen-bond donors (Lipinski definition) is 2. The van der Waals surface area contributed by atoms with Gasteiger partial charge >= 0.3 is 0 Å². The van der Waals surface area contributed by atoms with E-state index in [0.29, 0.717) is 32.4 Å². The Balaban J connectivity index is 1.16. The first-order valence-corrected chi connectivity index (χ1v) is 13.8. The molecule has 3 heterocycles. The number of nitrogens with zero attached hydrogens (tertiary/aromatic N) is 4. The number of aromatic nitrogens is 3. The van der Waals surface area contributed by atoms with Gasteiger partial charge < -0.3 is 15.5 Å². The summed E-state index contributed by atoms with van der Waals surface area (Å²) >= 11 is 0. The standard InChI is InChI=1S/C31H33FN6O2/c1-37-28-12-9-21(14-26(28)35-36-37)17-34-30(39)29-15-22(13-20-7-10-25(32)11-8-20)19-38(29)31(40)27-16-24(18-33-27)23-5-3-2-4-6-23/h2-12,14,22,24,27,29,33H,13,15-19H2,1H3,(H,34,39)/t22-,24-,27?,29+/m1/s1. The molecule has 2 fully saturated rings. The molecule has 2 saturated heterocycles. The lowest BCUT2D eigenvalue weighted by Gasteiger charge is -2.27. The molecule has 9 heteroatoms. The van der Waals surface area contributed by atoms with Crippen LogP contribution >= 0.6 is 0 Å². The Morgan fingerprint density at radius 3 is 2.60 bits per heavy atom. The fraction of sp³-hybridized carbons (Fsp3) is 0.355. The van der Waals surface area contributed by atoms with E-state index in [1.807, 2.05) is 43.4 Å². The van der Waals surface area contributed by atoms with Gasteiger partial charge in [0.1, 0.15) is 17.4 Å². The molecule has 1 aromatic heterocycles. The van der Waals surface area contributed by atoms with Gasteiger partial charge in [-0.05, 0) is 72.1 Å². The van der Waals surface area contributed by atoms with Gasteiger partial charge in [-0.3, -0.25) is 9.59 Å². The topological polar surface area (TPSA) is 92.2 Å². The van der Waals surface area contributed by atoms with Crippen molar-refractivity contribution in [2.24, 2.45) is 13.0 Å². The zero-order chi connectivity index (χ0) is 27.6. The first kappa shape index (κ1) is 26.1. The van der Waals surface area contributed by atoms with Crippen LogP contribution in [0.2, 0.25) is 0 Å². The lowest BCUT2D eigenvalue weighted by atomic mass is 9.96. The molecule has 0 radical (unpaired) electrons. The van der Waals surface area contributed by atoms with Crippen molar-refractivity contribution >= 4 is 22.8 Å². The number of aryl methyl sites for hydroxylation is 1. The van der Waals surface area contributed by atoms with E-state index >= 15 is 0 Å². The van der Waals surface area contributed by atoms with Gasteiger partial charge in [-0.2, -0.15) is 0 Å². The molecule has 6 rings (SSSR count). The lowest BCUT2D eigenvalue weighted by Crippen LogP contribution is -2.51. The van der Waals surface area contributed by atoms with Crippen LogP contribution in [0.15, 0.2) is 72.8 Å². The average molecular weight is 541 g/mol. The van der Waals surface area contributed by atoms with E-state index in [1.54, 1.807) is 21.7 Å². The summed E-state index contributed by atoms with van der Waals surface area (Å²) in [6, 6.07) is 21.6. The predicted octanol–water partition coefficient (Wildman–Crippen LogP) is 3.33. The van der Waals surface area contributed by atoms with Crippen molar-refractivity contribution in [2.75, 3.05) is 13.1 Å². The number of fused-ring (bicyclic) bond motifs is 1. The Kier molecular flexibility index (Phi) is 7.30. The Morgan fingerprint density at radius 2 is 1.80 bits per heavy atom. The average Bonchev–Trinajstić information content (AvgIpc) is 3.72. The summed E-state index contributed by atoms with van der Waals surface area (Å²) in [5.74, 6) is -0.0966. The maximum absolute atomic E-state index is 13.8. The van der Waals surface area contributed by atoms with Gasteiger partial charge in [-0.25, -0.2) is 9.07 Å². The molecule has 4 aromatic rings. The van der Waals surface area contributed by atoms with Crippen molar-refractivity contribution < 1.29 is 14.0 Å². The van der Waals surface area contributed by atoms with Crippen LogP contribution in [-0.4, -0.2) is 56.9 Å². The van der Waals surface area contributed by atoms with Crippen LogP contribution in [0.1, 0.15) is 35.4 Å². The van der Waals surface area contributed by atoms with Gasteiger partial charge in [0.25, 0.3) is 0 Å². The number of rotatable bonds is 7. The smallest absolute Gasteiger partial charge is 0.243 e. The Hall–Kier alpha value is -4.11. The van der Waals surface area contributed by atoms with E-state index in [2.05, 4.69) is 33.1 Å². The molecule has 3 aromatic carbocycles. The first-order valence-electron chi connectivity index (χ1n) is 13.8. The molecule has 1 unspecified atom stereocenters. The van der Waals surface area contributed by atoms with Gasteiger partial charge in [-0.1, -0.05) is 53.7 Å². The number of likely N-dealkylation sites (tertiary alicyclic amines) is 1. The van der Waals surface area contributed by atoms with Crippen LogP contribution in [0.3, 0.4) is 0 Å². The number of nitrogens with one attached hydrogen (secondary N) is 2. The van der Waals surface area contributed by atoms with Crippen molar-refractivity contribution in [1.29, 1.82) is 0 Å². The second kappa shape index (κ2) is 11.2. The molecule has 2 aliphatic rings. The summed E-state index contributed by atoms with van der Waals surface area (Å²) in [6.45, 7) is 1.56. The summed E-state index contributed by atoms with van der Waals surface area (Å²) in [7, 11) is 1.84. The maximum Gasteiger partial charge on any atom is 0.243 e. The van der Waals surface area contributed by atoms with Crippen LogP contribution in [0.4, 0.5) is 4.39 Å². The predicted molar refractivity (Wildman–Crippen MR) is 150 cm³/mol. The van der Waals surface area contributed by atoms with Crippen LogP contribution in [0, 0.1) is 11.7 Å².